The minimum Gasteiger partial charge on any atom is -0.311 e. The number of rotatable bonds is 2. The summed E-state index contributed by atoms with van der Waals surface area (Å²) in [5.41, 5.74) is 4.60. The minimum absolute atomic E-state index is 0.266. The fraction of sp³-hybridized carbons (Fsp3) is 0.350. The van der Waals surface area contributed by atoms with Crippen molar-refractivity contribution in [1.29, 1.82) is 0 Å². The van der Waals surface area contributed by atoms with Crippen LogP contribution in [0.25, 0.3) is 0 Å². The molecule has 4 rings (SSSR count). The molecule has 0 unspecified atom stereocenters. The highest BCUT2D eigenvalue weighted by Crippen LogP contribution is 2.50. The van der Waals surface area contributed by atoms with Gasteiger partial charge < -0.3 is 4.90 Å². The Morgan fingerprint density at radius 3 is 2.50 bits per heavy atom. The summed E-state index contributed by atoms with van der Waals surface area (Å²) in [7, 11) is 0. The highest BCUT2D eigenvalue weighted by atomic mass is 16.2. The predicted octanol–water partition coefficient (Wildman–Crippen LogP) is 4.01. The zero-order valence-electron chi connectivity index (χ0n) is 13.0. The van der Waals surface area contributed by atoms with Crippen LogP contribution in [0.5, 0.6) is 0 Å². The molecule has 2 heteroatoms. The van der Waals surface area contributed by atoms with E-state index in [-0.39, 0.29) is 5.41 Å². The normalized spacial score (nSPS) is 18.7. The van der Waals surface area contributed by atoms with E-state index in [2.05, 4.69) is 49.4 Å². The lowest BCUT2D eigenvalue weighted by molar-refractivity contribution is -0.121. The zero-order valence-corrected chi connectivity index (χ0v) is 13.0. The van der Waals surface area contributed by atoms with E-state index in [9.17, 15) is 4.79 Å². The van der Waals surface area contributed by atoms with E-state index in [1.807, 2.05) is 11.0 Å². The van der Waals surface area contributed by atoms with Crippen molar-refractivity contribution < 1.29 is 4.79 Å². The van der Waals surface area contributed by atoms with Gasteiger partial charge in [0, 0.05) is 12.2 Å². The molecule has 2 aromatic carbocycles. The summed E-state index contributed by atoms with van der Waals surface area (Å²) in [6.45, 7) is 2.94. The molecule has 1 aliphatic carbocycles. The Hall–Kier alpha value is -2.09. The molecule has 1 aliphatic heterocycles. The van der Waals surface area contributed by atoms with Crippen LogP contribution in [0.3, 0.4) is 0 Å². The number of aryl methyl sites for hydroxylation is 2. The standard InChI is InChI=1S/C20H21NO/c1-15-8-10-17(11-9-15)20(12-13-20)19(22)21-14-4-6-16-5-2-3-7-18(16)21/h2-3,5,7-11H,4,6,12-14H2,1H3. The van der Waals surface area contributed by atoms with Crippen LogP contribution in [-0.4, -0.2) is 12.5 Å². The van der Waals surface area contributed by atoms with Crippen LogP contribution in [0, 0.1) is 6.92 Å². The molecule has 0 N–H and O–H groups in total. The molecule has 1 amide bonds. The van der Waals surface area contributed by atoms with Crippen molar-refractivity contribution in [2.75, 3.05) is 11.4 Å². The summed E-state index contributed by atoms with van der Waals surface area (Å²) >= 11 is 0. The first-order valence-corrected chi connectivity index (χ1v) is 8.18. The fourth-order valence-corrected chi connectivity index (χ4v) is 3.63. The quantitative estimate of drug-likeness (QED) is 0.819. The van der Waals surface area contributed by atoms with E-state index in [1.165, 1.54) is 16.7 Å². The van der Waals surface area contributed by atoms with Gasteiger partial charge in [0.15, 0.2) is 0 Å². The van der Waals surface area contributed by atoms with Gasteiger partial charge in [0.2, 0.25) is 5.91 Å². The molecule has 1 fully saturated rings. The highest BCUT2D eigenvalue weighted by molar-refractivity contribution is 6.04. The van der Waals surface area contributed by atoms with Gasteiger partial charge in [-0.1, -0.05) is 48.0 Å². The van der Waals surface area contributed by atoms with Crippen LogP contribution in [0.1, 0.15) is 36.0 Å². The third-order valence-corrected chi connectivity index (χ3v) is 5.12. The molecule has 1 heterocycles. The van der Waals surface area contributed by atoms with Gasteiger partial charge in [-0.3, -0.25) is 4.79 Å². The van der Waals surface area contributed by atoms with Crippen LogP contribution in [0.15, 0.2) is 48.5 Å². The minimum atomic E-state index is -0.266. The topological polar surface area (TPSA) is 20.3 Å². The summed E-state index contributed by atoms with van der Waals surface area (Å²) < 4.78 is 0. The van der Waals surface area contributed by atoms with Gasteiger partial charge in [-0.05, 0) is 49.8 Å². The van der Waals surface area contributed by atoms with Gasteiger partial charge in [0.1, 0.15) is 0 Å². The van der Waals surface area contributed by atoms with E-state index in [0.717, 1.165) is 37.9 Å². The van der Waals surface area contributed by atoms with Crippen molar-refractivity contribution in [2.45, 2.75) is 38.0 Å². The first kappa shape index (κ1) is 13.6. The number of benzene rings is 2. The van der Waals surface area contributed by atoms with E-state index in [1.54, 1.807) is 0 Å². The zero-order chi connectivity index (χ0) is 15.2. The molecule has 0 atom stereocenters. The van der Waals surface area contributed by atoms with Crippen molar-refractivity contribution >= 4 is 11.6 Å². The van der Waals surface area contributed by atoms with Crippen molar-refractivity contribution in [2.24, 2.45) is 0 Å². The van der Waals surface area contributed by atoms with Crippen molar-refractivity contribution in [3.63, 3.8) is 0 Å². The first-order chi connectivity index (χ1) is 10.7. The molecule has 2 aromatic rings. The Morgan fingerprint density at radius 2 is 1.77 bits per heavy atom. The van der Waals surface area contributed by atoms with Gasteiger partial charge in [-0.25, -0.2) is 0 Å². The molecule has 22 heavy (non-hydrogen) atoms. The number of amides is 1. The summed E-state index contributed by atoms with van der Waals surface area (Å²) in [4.78, 5) is 15.3. The summed E-state index contributed by atoms with van der Waals surface area (Å²) in [5, 5.41) is 0. The number of fused-ring (bicyclic) bond motifs is 1. The second kappa shape index (κ2) is 4.98. The van der Waals surface area contributed by atoms with Crippen LogP contribution in [-0.2, 0) is 16.6 Å². The molecular weight excluding hydrogens is 270 g/mol. The van der Waals surface area contributed by atoms with Crippen molar-refractivity contribution in [1.82, 2.24) is 0 Å². The van der Waals surface area contributed by atoms with Gasteiger partial charge in [0.25, 0.3) is 0 Å². The molecular formula is C20H21NO. The van der Waals surface area contributed by atoms with E-state index >= 15 is 0 Å². The third kappa shape index (κ3) is 2.06. The molecule has 2 nitrogen and oxygen atoms in total. The number of hydrogen-bond acceptors (Lipinski definition) is 1. The maximum atomic E-state index is 13.3. The number of hydrogen-bond donors (Lipinski definition) is 0. The Bertz CT molecular complexity index is 713. The molecule has 0 spiro atoms. The Balaban J connectivity index is 1.69. The monoisotopic (exact) mass is 291 g/mol. The van der Waals surface area contributed by atoms with Crippen LogP contribution < -0.4 is 4.90 Å². The number of nitrogens with zero attached hydrogens (tertiary/aromatic N) is 1. The summed E-state index contributed by atoms with van der Waals surface area (Å²) in [6, 6.07) is 16.9. The molecule has 2 aliphatic rings. The first-order valence-electron chi connectivity index (χ1n) is 8.18. The molecule has 112 valence electrons. The second-order valence-corrected chi connectivity index (χ2v) is 6.64. The van der Waals surface area contributed by atoms with Gasteiger partial charge >= 0.3 is 0 Å². The SMILES string of the molecule is Cc1ccc(C2(C(=O)N3CCCc4ccccc43)CC2)cc1. The maximum Gasteiger partial charge on any atom is 0.237 e. The average Bonchev–Trinajstić information content (AvgIpc) is 3.36. The lowest BCUT2D eigenvalue weighted by Crippen LogP contribution is -2.42. The Labute approximate surface area is 131 Å². The van der Waals surface area contributed by atoms with Crippen LogP contribution in [0.4, 0.5) is 5.69 Å². The maximum absolute atomic E-state index is 13.3. The number of para-hydroxylation sites is 1. The molecule has 0 bridgehead atoms. The molecule has 1 saturated carbocycles. The van der Waals surface area contributed by atoms with E-state index < -0.39 is 0 Å². The summed E-state index contributed by atoms with van der Waals surface area (Å²) in [5.74, 6) is 0.295. The molecule has 0 radical (unpaired) electrons. The predicted molar refractivity (Wildman–Crippen MR) is 89.2 cm³/mol. The van der Waals surface area contributed by atoms with Gasteiger partial charge in [-0.2, -0.15) is 0 Å². The van der Waals surface area contributed by atoms with E-state index in [4.69, 9.17) is 0 Å². The van der Waals surface area contributed by atoms with Crippen molar-refractivity contribution in [3.8, 4) is 0 Å². The van der Waals surface area contributed by atoms with Gasteiger partial charge in [-0.15, -0.1) is 0 Å². The number of anilines is 1. The Kier molecular flexibility index (Phi) is 3.07. The Morgan fingerprint density at radius 1 is 1.05 bits per heavy atom. The number of carbonyl (C=O) groups is 1. The average molecular weight is 291 g/mol. The van der Waals surface area contributed by atoms with Crippen LogP contribution in [0.2, 0.25) is 0 Å². The number of carbonyl (C=O) groups excluding carboxylic acids is 1. The largest absolute Gasteiger partial charge is 0.311 e. The van der Waals surface area contributed by atoms with Gasteiger partial charge in [0.05, 0.1) is 5.41 Å². The third-order valence-electron chi connectivity index (χ3n) is 5.12. The molecule has 0 aromatic heterocycles. The lowest BCUT2D eigenvalue weighted by atomic mass is 9.91. The second-order valence-electron chi connectivity index (χ2n) is 6.64. The van der Waals surface area contributed by atoms with E-state index in [0.29, 0.717) is 5.91 Å². The highest BCUT2D eigenvalue weighted by Gasteiger charge is 2.53. The smallest absolute Gasteiger partial charge is 0.237 e. The lowest BCUT2D eigenvalue weighted by Gasteiger charge is -2.32. The molecule has 0 saturated heterocycles. The fourth-order valence-electron chi connectivity index (χ4n) is 3.63. The van der Waals surface area contributed by atoms with Crippen molar-refractivity contribution in [3.05, 3.63) is 65.2 Å². The van der Waals surface area contributed by atoms with Crippen LogP contribution >= 0.6 is 0 Å². The summed E-state index contributed by atoms with van der Waals surface area (Å²) in [6.07, 6.45) is 4.10.